The monoisotopic (exact) mass is 725 g/mol. The number of fused-ring (bicyclic) bond motifs is 14. The van der Waals surface area contributed by atoms with Crippen molar-refractivity contribution in [2.75, 3.05) is 4.90 Å². The fourth-order valence-corrected chi connectivity index (χ4v) is 10.9. The van der Waals surface area contributed by atoms with Crippen LogP contribution in [0.15, 0.2) is 200 Å². The Morgan fingerprint density at radius 3 is 1.60 bits per heavy atom. The van der Waals surface area contributed by atoms with E-state index >= 15 is 0 Å². The molecule has 0 aromatic heterocycles. The first kappa shape index (κ1) is 32.3. The molecule has 12 rings (SSSR count). The molecule has 9 aromatic carbocycles. The summed E-state index contributed by atoms with van der Waals surface area (Å²) in [6, 6.07) is 75.0. The van der Waals surface area contributed by atoms with Gasteiger partial charge in [0.25, 0.3) is 0 Å². The number of hydrogen-bond acceptors (Lipinski definition) is 1. The minimum Gasteiger partial charge on any atom is -0.309 e. The molecule has 0 saturated heterocycles. The number of anilines is 3. The number of benzene rings is 9. The van der Waals surface area contributed by atoms with Crippen molar-refractivity contribution in [1.29, 1.82) is 0 Å². The fraction of sp³-hybridized carbons (Fsp3) is 0.0714. The van der Waals surface area contributed by atoms with Crippen LogP contribution >= 0.6 is 0 Å². The van der Waals surface area contributed by atoms with Crippen molar-refractivity contribution in [3.8, 4) is 44.5 Å². The predicted molar refractivity (Wildman–Crippen MR) is 238 cm³/mol. The standard InChI is InChI=1S/C56H39N/c1-55(2)45-25-12-8-21-40(45)43-33-32-38(35-50(43)55)57(52-34-31-36-17-6-7-20-39(36)53(52)37-18-4-3-5-19-37)51-30-16-29-49-54(51)44-24-11-15-28-48(44)56(49)46-26-13-9-22-41(46)42-23-10-14-27-47(42)56/h3-35H,1-2H3. The van der Waals surface area contributed by atoms with E-state index < -0.39 is 5.41 Å². The van der Waals surface area contributed by atoms with Crippen molar-refractivity contribution in [1.82, 2.24) is 0 Å². The smallest absolute Gasteiger partial charge is 0.0726 e. The van der Waals surface area contributed by atoms with Gasteiger partial charge in [-0.2, -0.15) is 0 Å². The Bertz CT molecular complexity index is 3070. The predicted octanol–water partition coefficient (Wildman–Crippen LogP) is 14.6. The summed E-state index contributed by atoms with van der Waals surface area (Å²) in [5.41, 5.74) is 21.3. The Hall–Kier alpha value is -6.96. The minimum atomic E-state index is -0.436. The topological polar surface area (TPSA) is 3.24 Å². The molecule has 0 fully saturated rings. The van der Waals surface area contributed by atoms with Gasteiger partial charge in [0.15, 0.2) is 0 Å². The molecule has 1 spiro atoms. The minimum absolute atomic E-state index is 0.147. The van der Waals surface area contributed by atoms with Crippen molar-refractivity contribution in [3.05, 3.63) is 234 Å². The van der Waals surface area contributed by atoms with Crippen LogP contribution in [-0.4, -0.2) is 0 Å². The van der Waals surface area contributed by atoms with Crippen molar-refractivity contribution in [2.45, 2.75) is 24.7 Å². The van der Waals surface area contributed by atoms with Gasteiger partial charge in [-0.15, -0.1) is 0 Å². The van der Waals surface area contributed by atoms with Crippen molar-refractivity contribution < 1.29 is 0 Å². The lowest BCUT2D eigenvalue weighted by atomic mass is 9.70. The first-order valence-electron chi connectivity index (χ1n) is 20.1. The van der Waals surface area contributed by atoms with Gasteiger partial charge in [0.1, 0.15) is 0 Å². The fourth-order valence-electron chi connectivity index (χ4n) is 10.9. The highest BCUT2D eigenvalue weighted by molar-refractivity contribution is 6.08. The van der Waals surface area contributed by atoms with Gasteiger partial charge in [0.2, 0.25) is 0 Å². The first-order valence-corrected chi connectivity index (χ1v) is 20.1. The maximum Gasteiger partial charge on any atom is 0.0726 e. The number of rotatable bonds is 4. The van der Waals surface area contributed by atoms with Gasteiger partial charge in [-0.05, 0) is 102 Å². The first-order chi connectivity index (χ1) is 28.1. The van der Waals surface area contributed by atoms with E-state index in [9.17, 15) is 0 Å². The maximum atomic E-state index is 2.58. The Balaban J connectivity index is 1.20. The molecule has 0 unspecified atom stereocenters. The van der Waals surface area contributed by atoms with Crippen LogP contribution in [0.4, 0.5) is 17.1 Å². The quantitative estimate of drug-likeness (QED) is 0.175. The molecular weight excluding hydrogens is 687 g/mol. The summed E-state index contributed by atoms with van der Waals surface area (Å²) in [7, 11) is 0. The van der Waals surface area contributed by atoms with Crippen LogP contribution in [0.5, 0.6) is 0 Å². The third kappa shape index (κ3) is 4.24. The molecule has 0 bridgehead atoms. The molecule has 1 nitrogen and oxygen atoms in total. The van der Waals surface area contributed by atoms with Gasteiger partial charge in [-0.25, -0.2) is 0 Å². The summed E-state index contributed by atoms with van der Waals surface area (Å²) in [5, 5.41) is 2.47. The zero-order valence-electron chi connectivity index (χ0n) is 32.0. The highest BCUT2D eigenvalue weighted by Gasteiger charge is 2.52. The third-order valence-electron chi connectivity index (χ3n) is 13.3. The van der Waals surface area contributed by atoms with Crippen LogP contribution in [0.3, 0.4) is 0 Å². The van der Waals surface area contributed by atoms with E-state index in [1.165, 1.54) is 94.3 Å². The molecule has 0 amide bonds. The van der Waals surface area contributed by atoms with E-state index in [4.69, 9.17) is 0 Å². The molecule has 57 heavy (non-hydrogen) atoms. The van der Waals surface area contributed by atoms with Gasteiger partial charge < -0.3 is 4.90 Å². The van der Waals surface area contributed by atoms with Gasteiger partial charge >= 0.3 is 0 Å². The second-order valence-corrected chi connectivity index (χ2v) is 16.4. The lowest BCUT2D eigenvalue weighted by Crippen LogP contribution is -2.26. The normalized spacial score (nSPS) is 14.4. The van der Waals surface area contributed by atoms with E-state index in [0.717, 1.165) is 11.4 Å². The molecule has 1 heteroatoms. The molecule has 0 radical (unpaired) electrons. The van der Waals surface area contributed by atoms with Gasteiger partial charge in [-0.3, -0.25) is 0 Å². The average Bonchev–Trinajstić information content (AvgIpc) is 3.83. The van der Waals surface area contributed by atoms with Crippen LogP contribution in [0, 0.1) is 0 Å². The van der Waals surface area contributed by atoms with Gasteiger partial charge in [-0.1, -0.05) is 190 Å². The van der Waals surface area contributed by atoms with Crippen molar-refractivity contribution in [2.24, 2.45) is 0 Å². The molecule has 268 valence electrons. The van der Waals surface area contributed by atoms with Crippen LogP contribution < -0.4 is 4.90 Å². The summed E-state index contributed by atoms with van der Waals surface area (Å²) >= 11 is 0. The zero-order valence-corrected chi connectivity index (χ0v) is 32.0. The Morgan fingerprint density at radius 1 is 0.351 bits per heavy atom. The Morgan fingerprint density at radius 2 is 0.877 bits per heavy atom. The molecule has 3 aliphatic rings. The molecule has 0 atom stereocenters. The lowest BCUT2D eigenvalue weighted by molar-refractivity contribution is 0.660. The molecule has 0 N–H and O–H groups in total. The molecule has 0 heterocycles. The molecule has 0 saturated carbocycles. The molecule has 0 aliphatic heterocycles. The van der Waals surface area contributed by atoms with Gasteiger partial charge in [0.05, 0.1) is 16.8 Å². The SMILES string of the molecule is CC1(C)c2ccccc2-c2ccc(N(c3cccc4c3-c3ccccc3C43c4ccccc4-c4ccccc43)c3ccc4ccccc4c3-c3ccccc3)cc21. The van der Waals surface area contributed by atoms with Crippen LogP contribution in [0.25, 0.3) is 55.3 Å². The van der Waals surface area contributed by atoms with E-state index in [2.05, 4.69) is 219 Å². The van der Waals surface area contributed by atoms with E-state index in [0.29, 0.717) is 0 Å². The van der Waals surface area contributed by atoms with Crippen LogP contribution in [0.2, 0.25) is 0 Å². The lowest BCUT2D eigenvalue weighted by Gasteiger charge is -2.33. The van der Waals surface area contributed by atoms with Crippen LogP contribution in [0.1, 0.15) is 47.2 Å². The second-order valence-electron chi connectivity index (χ2n) is 16.4. The summed E-state index contributed by atoms with van der Waals surface area (Å²) in [6.45, 7) is 4.76. The zero-order chi connectivity index (χ0) is 37.9. The average molecular weight is 726 g/mol. The number of hydrogen-bond donors (Lipinski definition) is 0. The van der Waals surface area contributed by atoms with Crippen molar-refractivity contribution in [3.63, 3.8) is 0 Å². The summed E-state index contributed by atoms with van der Waals surface area (Å²) < 4.78 is 0. The highest BCUT2D eigenvalue weighted by atomic mass is 15.1. The molecular formula is C56H39N. The van der Waals surface area contributed by atoms with E-state index in [-0.39, 0.29) is 5.41 Å². The summed E-state index contributed by atoms with van der Waals surface area (Å²) in [6.07, 6.45) is 0. The maximum absolute atomic E-state index is 2.58. The molecule has 3 aliphatic carbocycles. The number of nitrogens with zero attached hydrogens (tertiary/aromatic N) is 1. The largest absolute Gasteiger partial charge is 0.309 e. The van der Waals surface area contributed by atoms with Crippen LogP contribution in [-0.2, 0) is 10.8 Å². The van der Waals surface area contributed by atoms with Gasteiger partial charge in [0, 0.05) is 22.2 Å². The third-order valence-corrected chi connectivity index (χ3v) is 13.3. The second kappa shape index (κ2) is 11.8. The van der Waals surface area contributed by atoms with Crippen molar-refractivity contribution >= 4 is 27.8 Å². The van der Waals surface area contributed by atoms with E-state index in [1.807, 2.05) is 0 Å². The summed E-state index contributed by atoms with van der Waals surface area (Å²) in [5.74, 6) is 0. The highest BCUT2D eigenvalue weighted by Crippen LogP contribution is 2.65. The summed E-state index contributed by atoms with van der Waals surface area (Å²) in [4.78, 5) is 2.58. The Kier molecular flexibility index (Phi) is 6.67. The molecule has 9 aromatic rings. The Labute approximate surface area is 334 Å². The van der Waals surface area contributed by atoms with E-state index in [1.54, 1.807) is 0 Å².